The molecule has 1 heterocycles. The van der Waals surface area contributed by atoms with Gasteiger partial charge in [0.1, 0.15) is 12.4 Å². The summed E-state index contributed by atoms with van der Waals surface area (Å²) >= 11 is 3.08. The van der Waals surface area contributed by atoms with Crippen molar-refractivity contribution in [3.8, 4) is 11.5 Å². The van der Waals surface area contributed by atoms with E-state index in [0.717, 1.165) is 26.5 Å². The molecule has 0 bridgehead atoms. The van der Waals surface area contributed by atoms with E-state index in [0.29, 0.717) is 23.0 Å². The zero-order chi connectivity index (χ0) is 21.8. The van der Waals surface area contributed by atoms with Gasteiger partial charge in [0, 0.05) is 6.04 Å². The third kappa shape index (κ3) is 5.15. The maximum Gasteiger partial charge on any atom is 0.293 e. The summed E-state index contributed by atoms with van der Waals surface area (Å²) in [7, 11) is 0. The molecule has 0 N–H and O–H groups in total. The molecule has 0 spiro atoms. The molecular weight excluding hydrogens is 520 g/mol. The van der Waals surface area contributed by atoms with Crippen molar-refractivity contribution in [2.45, 2.75) is 33.4 Å². The van der Waals surface area contributed by atoms with Crippen molar-refractivity contribution < 1.29 is 23.5 Å². The predicted octanol–water partition coefficient (Wildman–Crippen LogP) is 5.85. The van der Waals surface area contributed by atoms with E-state index in [1.165, 1.54) is 17.0 Å². The van der Waals surface area contributed by atoms with E-state index in [1.54, 1.807) is 24.3 Å². The Balaban J connectivity index is 1.86. The van der Waals surface area contributed by atoms with Gasteiger partial charge in [0.2, 0.25) is 0 Å². The minimum Gasteiger partial charge on any atom is -0.490 e. The van der Waals surface area contributed by atoms with Gasteiger partial charge in [0.05, 0.1) is 15.1 Å². The van der Waals surface area contributed by atoms with Gasteiger partial charge in [0.25, 0.3) is 11.1 Å². The Kier molecular flexibility index (Phi) is 7.41. The van der Waals surface area contributed by atoms with Crippen molar-refractivity contribution >= 4 is 51.6 Å². The Hall–Kier alpha value is -2.07. The van der Waals surface area contributed by atoms with Crippen molar-refractivity contribution in [2.24, 2.45) is 0 Å². The van der Waals surface area contributed by atoms with Crippen LogP contribution in [-0.4, -0.2) is 28.7 Å². The maximum atomic E-state index is 13.1. The number of benzene rings is 2. The number of carbonyl (C=O) groups excluding carboxylic acids is 2. The van der Waals surface area contributed by atoms with Gasteiger partial charge in [-0.25, -0.2) is 4.39 Å². The van der Waals surface area contributed by atoms with Gasteiger partial charge in [-0.15, -0.1) is 0 Å². The molecule has 158 valence electrons. The van der Waals surface area contributed by atoms with E-state index < -0.39 is 0 Å². The second-order valence-electron chi connectivity index (χ2n) is 6.82. The Labute approximate surface area is 192 Å². The molecule has 30 heavy (non-hydrogen) atoms. The first-order valence-corrected chi connectivity index (χ1v) is 11.3. The SMILES string of the molecule is CCOc1cc(/C=C2\SC(=O)N(C(C)C)C2=O)cc(I)c1OCc1ccc(F)cc1. The summed E-state index contributed by atoms with van der Waals surface area (Å²) in [6.45, 7) is 6.20. The third-order valence-corrected chi connectivity index (χ3v) is 5.95. The number of thioether (sulfide) groups is 1. The molecule has 3 rings (SSSR count). The quantitative estimate of drug-likeness (QED) is 0.325. The summed E-state index contributed by atoms with van der Waals surface area (Å²) in [4.78, 5) is 26.3. The van der Waals surface area contributed by atoms with Crippen molar-refractivity contribution in [1.29, 1.82) is 0 Å². The molecule has 0 saturated carbocycles. The lowest BCUT2D eigenvalue weighted by Crippen LogP contribution is -2.34. The van der Waals surface area contributed by atoms with Crippen molar-refractivity contribution in [1.82, 2.24) is 4.90 Å². The van der Waals surface area contributed by atoms with Crippen LogP contribution >= 0.6 is 34.4 Å². The summed E-state index contributed by atoms with van der Waals surface area (Å²) in [5.74, 6) is 0.536. The molecule has 8 heteroatoms. The number of imide groups is 1. The summed E-state index contributed by atoms with van der Waals surface area (Å²) < 4.78 is 25.6. The van der Waals surface area contributed by atoms with E-state index in [1.807, 2.05) is 26.8 Å². The van der Waals surface area contributed by atoms with Gasteiger partial charge < -0.3 is 9.47 Å². The van der Waals surface area contributed by atoms with Gasteiger partial charge in [-0.05, 0) is 96.6 Å². The lowest BCUT2D eigenvalue weighted by molar-refractivity contribution is -0.123. The molecule has 0 radical (unpaired) electrons. The molecular formula is C22H21FINO4S. The molecule has 0 atom stereocenters. The van der Waals surface area contributed by atoms with Crippen LogP contribution in [0.25, 0.3) is 6.08 Å². The summed E-state index contributed by atoms with van der Waals surface area (Å²) in [6, 6.07) is 9.58. The topological polar surface area (TPSA) is 55.8 Å². The highest BCUT2D eigenvalue weighted by molar-refractivity contribution is 14.1. The first kappa shape index (κ1) is 22.6. The van der Waals surface area contributed by atoms with E-state index in [4.69, 9.17) is 9.47 Å². The number of carbonyl (C=O) groups is 2. The Morgan fingerprint density at radius 2 is 1.87 bits per heavy atom. The number of amides is 2. The molecule has 5 nitrogen and oxygen atoms in total. The zero-order valence-corrected chi connectivity index (χ0v) is 19.8. The molecule has 1 aliphatic heterocycles. The number of ether oxygens (including phenoxy) is 2. The average molecular weight is 541 g/mol. The van der Waals surface area contributed by atoms with E-state index in [-0.39, 0.29) is 29.6 Å². The molecule has 0 unspecified atom stereocenters. The fourth-order valence-corrected chi connectivity index (χ4v) is 4.63. The third-order valence-electron chi connectivity index (χ3n) is 4.27. The lowest BCUT2D eigenvalue weighted by Gasteiger charge is -2.16. The van der Waals surface area contributed by atoms with E-state index in [2.05, 4.69) is 22.6 Å². The molecule has 2 aromatic rings. The normalized spacial score (nSPS) is 15.4. The lowest BCUT2D eigenvalue weighted by atomic mass is 10.1. The molecule has 0 aliphatic carbocycles. The van der Waals surface area contributed by atoms with Crippen LogP contribution in [-0.2, 0) is 11.4 Å². The smallest absolute Gasteiger partial charge is 0.293 e. The molecule has 2 aromatic carbocycles. The van der Waals surface area contributed by atoms with Crippen molar-refractivity contribution in [2.75, 3.05) is 6.61 Å². The largest absolute Gasteiger partial charge is 0.490 e. The maximum absolute atomic E-state index is 13.1. The molecule has 1 aliphatic rings. The van der Waals surface area contributed by atoms with E-state index in [9.17, 15) is 14.0 Å². The van der Waals surface area contributed by atoms with Crippen LogP contribution in [0.5, 0.6) is 11.5 Å². The molecule has 1 saturated heterocycles. The highest BCUT2D eigenvalue weighted by atomic mass is 127. The Morgan fingerprint density at radius 3 is 2.47 bits per heavy atom. The first-order chi connectivity index (χ1) is 14.3. The van der Waals surface area contributed by atoms with Crippen LogP contribution in [0.2, 0.25) is 0 Å². The fourth-order valence-electron chi connectivity index (χ4n) is 2.89. The van der Waals surface area contributed by atoms with Crippen molar-refractivity contribution in [3.05, 3.63) is 61.8 Å². The second kappa shape index (κ2) is 9.82. The minimum absolute atomic E-state index is 0.190. The van der Waals surface area contributed by atoms with Gasteiger partial charge in [0.15, 0.2) is 11.5 Å². The molecule has 0 aromatic heterocycles. The summed E-state index contributed by atoms with van der Waals surface area (Å²) in [5.41, 5.74) is 1.58. The number of hydrogen-bond donors (Lipinski definition) is 0. The van der Waals surface area contributed by atoms with Crippen LogP contribution in [0.4, 0.5) is 9.18 Å². The highest BCUT2D eigenvalue weighted by Gasteiger charge is 2.36. The average Bonchev–Trinajstić information content (AvgIpc) is 2.96. The minimum atomic E-state index is -0.297. The summed E-state index contributed by atoms with van der Waals surface area (Å²) in [5, 5.41) is -0.264. The standard InChI is InChI=1S/C22H21FINO4S/c1-4-28-18-10-15(11-19-21(26)25(13(2)3)22(27)30-19)9-17(24)20(18)29-12-14-5-7-16(23)8-6-14/h5-11,13H,4,12H2,1-3H3/b19-11-. The first-order valence-electron chi connectivity index (χ1n) is 9.40. The zero-order valence-electron chi connectivity index (χ0n) is 16.8. The van der Waals surface area contributed by atoms with Crippen LogP contribution in [0.15, 0.2) is 41.3 Å². The van der Waals surface area contributed by atoms with Gasteiger partial charge in [-0.2, -0.15) is 0 Å². The van der Waals surface area contributed by atoms with Crippen LogP contribution in [0.1, 0.15) is 31.9 Å². The Morgan fingerprint density at radius 1 is 1.17 bits per heavy atom. The highest BCUT2D eigenvalue weighted by Crippen LogP contribution is 2.38. The second-order valence-corrected chi connectivity index (χ2v) is 8.98. The number of halogens is 2. The van der Waals surface area contributed by atoms with Gasteiger partial charge in [-0.3, -0.25) is 14.5 Å². The van der Waals surface area contributed by atoms with Crippen LogP contribution < -0.4 is 9.47 Å². The molecule has 1 fully saturated rings. The number of nitrogens with zero attached hydrogens (tertiary/aromatic N) is 1. The van der Waals surface area contributed by atoms with Gasteiger partial charge in [-0.1, -0.05) is 12.1 Å². The van der Waals surface area contributed by atoms with Crippen molar-refractivity contribution in [3.63, 3.8) is 0 Å². The van der Waals surface area contributed by atoms with E-state index >= 15 is 0 Å². The predicted molar refractivity (Wildman–Crippen MR) is 124 cm³/mol. The summed E-state index contributed by atoms with van der Waals surface area (Å²) in [6.07, 6.45) is 1.70. The fraction of sp³-hybridized carbons (Fsp3) is 0.273. The van der Waals surface area contributed by atoms with Crippen LogP contribution in [0, 0.1) is 9.39 Å². The monoisotopic (exact) mass is 541 g/mol. The molecule has 2 amide bonds. The van der Waals surface area contributed by atoms with Crippen LogP contribution in [0.3, 0.4) is 0 Å². The number of rotatable bonds is 7. The number of hydrogen-bond acceptors (Lipinski definition) is 5. The van der Waals surface area contributed by atoms with Gasteiger partial charge >= 0.3 is 0 Å². The Bertz CT molecular complexity index is 991.